The maximum absolute atomic E-state index is 5.66. The number of H-pyrrole nitrogens is 1. The molecule has 0 radical (unpaired) electrons. The van der Waals surface area contributed by atoms with Crippen molar-refractivity contribution in [2.24, 2.45) is 5.92 Å². The molecule has 13 heavy (non-hydrogen) atoms. The summed E-state index contributed by atoms with van der Waals surface area (Å²) in [5.41, 5.74) is 0. The average molecular weight is 200 g/mol. The Morgan fingerprint density at radius 3 is 2.92 bits per heavy atom. The normalized spacial score (nSPS) is 29.1. The fourth-order valence-corrected chi connectivity index (χ4v) is 2.25. The largest absolute Gasteiger partial charge is 0.262 e. The van der Waals surface area contributed by atoms with Crippen molar-refractivity contribution in [1.29, 1.82) is 0 Å². The Bertz CT molecular complexity index is 284. The van der Waals surface area contributed by atoms with E-state index in [1.54, 1.807) is 0 Å². The molecular formula is C9H14ClN3. The first-order chi connectivity index (χ1) is 6.25. The second-order valence-corrected chi connectivity index (χ2v) is 4.30. The van der Waals surface area contributed by atoms with Crippen LogP contribution in [-0.2, 0) is 0 Å². The van der Waals surface area contributed by atoms with Gasteiger partial charge in [0, 0.05) is 5.92 Å². The standard InChI is InChI=1S/C9H14ClN3/c1-6-3-2-4-7(5-6)8-11-9(10)13-12-8/h6-7H,2-5H2,1H3,(H,11,12,13). The molecule has 1 aromatic rings. The predicted molar refractivity (Wildman–Crippen MR) is 51.8 cm³/mol. The Hall–Kier alpha value is -0.570. The van der Waals surface area contributed by atoms with E-state index in [0.29, 0.717) is 11.2 Å². The van der Waals surface area contributed by atoms with E-state index in [2.05, 4.69) is 22.1 Å². The molecule has 2 unspecified atom stereocenters. The summed E-state index contributed by atoms with van der Waals surface area (Å²) in [6.45, 7) is 2.30. The molecule has 3 nitrogen and oxygen atoms in total. The van der Waals surface area contributed by atoms with Crippen molar-refractivity contribution in [3.63, 3.8) is 0 Å². The zero-order valence-electron chi connectivity index (χ0n) is 7.76. The molecule has 0 spiro atoms. The summed E-state index contributed by atoms with van der Waals surface area (Å²) in [7, 11) is 0. The van der Waals surface area contributed by atoms with Crippen LogP contribution < -0.4 is 0 Å². The zero-order valence-corrected chi connectivity index (χ0v) is 8.51. The van der Waals surface area contributed by atoms with Crippen LogP contribution in [0.15, 0.2) is 0 Å². The number of rotatable bonds is 1. The van der Waals surface area contributed by atoms with Crippen LogP contribution in [0, 0.1) is 5.92 Å². The van der Waals surface area contributed by atoms with Crippen molar-refractivity contribution >= 4 is 11.6 Å². The fourth-order valence-electron chi connectivity index (χ4n) is 2.12. The van der Waals surface area contributed by atoms with E-state index in [0.717, 1.165) is 11.7 Å². The van der Waals surface area contributed by atoms with E-state index in [-0.39, 0.29) is 0 Å². The lowest BCUT2D eigenvalue weighted by Gasteiger charge is -2.24. The zero-order chi connectivity index (χ0) is 9.26. The summed E-state index contributed by atoms with van der Waals surface area (Å²) in [6.07, 6.45) is 5.07. The quantitative estimate of drug-likeness (QED) is 0.756. The van der Waals surface area contributed by atoms with Crippen LogP contribution in [0.2, 0.25) is 5.28 Å². The Kier molecular flexibility index (Phi) is 2.54. The third-order valence-electron chi connectivity index (χ3n) is 2.80. The first-order valence-electron chi connectivity index (χ1n) is 4.83. The molecule has 0 bridgehead atoms. The molecule has 1 N–H and O–H groups in total. The van der Waals surface area contributed by atoms with Crippen LogP contribution in [0.4, 0.5) is 0 Å². The highest BCUT2D eigenvalue weighted by molar-refractivity contribution is 6.28. The van der Waals surface area contributed by atoms with E-state index in [9.17, 15) is 0 Å². The van der Waals surface area contributed by atoms with Crippen LogP contribution in [-0.4, -0.2) is 15.2 Å². The van der Waals surface area contributed by atoms with Gasteiger partial charge in [0.15, 0.2) is 0 Å². The van der Waals surface area contributed by atoms with Crippen LogP contribution in [0.25, 0.3) is 0 Å². The summed E-state index contributed by atoms with van der Waals surface area (Å²) in [5.74, 6) is 2.32. The van der Waals surface area contributed by atoms with Gasteiger partial charge in [-0.2, -0.15) is 0 Å². The van der Waals surface area contributed by atoms with Gasteiger partial charge in [0.2, 0.25) is 5.28 Å². The Morgan fingerprint density at radius 1 is 1.46 bits per heavy atom. The minimum atomic E-state index is 0.341. The van der Waals surface area contributed by atoms with E-state index in [4.69, 9.17) is 11.6 Å². The van der Waals surface area contributed by atoms with Crippen molar-refractivity contribution in [2.45, 2.75) is 38.5 Å². The Balaban J connectivity index is 2.08. The van der Waals surface area contributed by atoms with Crippen molar-refractivity contribution in [3.05, 3.63) is 11.1 Å². The van der Waals surface area contributed by atoms with Crippen molar-refractivity contribution in [2.75, 3.05) is 0 Å². The molecule has 4 heteroatoms. The summed E-state index contributed by atoms with van der Waals surface area (Å²) in [6, 6.07) is 0. The molecule has 72 valence electrons. The molecule has 0 aromatic carbocycles. The van der Waals surface area contributed by atoms with E-state index in [1.807, 2.05) is 0 Å². The van der Waals surface area contributed by atoms with Gasteiger partial charge in [-0.05, 0) is 30.4 Å². The molecule has 2 rings (SSSR count). The average Bonchev–Trinajstić information content (AvgIpc) is 2.52. The van der Waals surface area contributed by atoms with Gasteiger partial charge in [0.05, 0.1) is 0 Å². The molecule has 1 aromatic heterocycles. The van der Waals surface area contributed by atoms with Crippen molar-refractivity contribution in [1.82, 2.24) is 15.2 Å². The van der Waals surface area contributed by atoms with Crippen LogP contribution in [0.1, 0.15) is 44.3 Å². The van der Waals surface area contributed by atoms with E-state index >= 15 is 0 Å². The molecule has 1 aliphatic carbocycles. The number of nitrogens with one attached hydrogen (secondary N) is 1. The third kappa shape index (κ3) is 2.02. The molecule has 0 saturated heterocycles. The lowest BCUT2D eigenvalue weighted by Crippen LogP contribution is -2.12. The lowest BCUT2D eigenvalue weighted by atomic mass is 9.82. The second kappa shape index (κ2) is 3.66. The van der Waals surface area contributed by atoms with Gasteiger partial charge < -0.3 is 0 Å². The Labute approximate surface area is 82.9 Å². The van der Waals surface area contributed by atoms with Gasteiger partial charge in [-0.3, -0.25) is 5.10 Å². The van der Waals surface area contributed by atoms with Crippen LogP contribution in [0.3, 0.4) is 0 Å². The number of hydrogen-bond acceptors (Lipinski definition) is 2. The SMILES string of the molecule is CC1CCCC(c2nc(Cl)n[nH]2)C1. The summed E-state index contributed by atoms with van der Waals surface area (Å²) in [4.78, 5) is 4.17. The van der Waals surface area contributed by atoms with Gasteiger partial charge in [0.1, 0.15) is 5.82 Å². The molecule has 1 aliphatic rings. The molecule has 1 fully saturated rings. The van der Waals surface area contributed by atoms with Gasteiger partial charge in [0.25, 0.3) is 0 Å². The summed E-state index contributed by atoms with van der Waals surface area (Å²) >= 11 is 5.66. The number of nitrogens with zero attached hydrogens (tertiary/aromatic N) is 2. The van der Waals surface area contributed by atoms with Crippen LogP contribution in [0.5, 0.6) is 0 Å². The number of hydrogen-bond donors (Lipinski definition) is 1. The number of aromatic amines is 1. The van der Waals surface area contributed by atoms with Gasteiger partial charge in [-0.15, -0.1) is 5.10 Å². The van der Waals surface area contributed by atoms with Gasteiger partial charge in [-0.25, -0.2) is 4.98 Å². The molecule has 1 heterocycles. The Morgan fingerprint density at radius 2 is 2.31 bits per heavy atom. The van der Waals surface area contributed by atoms with E-state index < -0.39 is 0 Å². The van der Waals surface area contributed by atoms with E-state index in [1.165, 1.54) is 25.7 Å². The maximum Gasteiger partial charge on any atom is 0.242 e. The van der Waals surface area contributed by atoms with Crippen LogP contribution >= 0.6 is 11.6 Å². The van der Waals surface area contributed by atoms with Gasteiger partial charge in [-0.1, -0.05) is 19.8 Å². The number of halogens is 1. The number of aromatic nitrogens is 3. The maximum atomic E-state index is 5.66. The molecule has 1 saturated carbocycles. The minimum absolute atomic E-state index is 0.341. The third-order valence-corrected chi connectivity index (χ3v) is 2.97. The highest BCUT2D eigenvalue weighted by Crippen LogP contribution is 2.34. The monoisotopic (exact) mass is 199 g/mol. The fraction of sp³-hybridized carbons (Fsp3) is 0.778. The lowest BCUT2D eigenvalue weighted by molar-refractivity contribution is 0.335. The highest BCUT2D eigenvalue weighted by Gasteiger charge is 2.22. The molecular weight excluding hydrogens is 186 g/mol. The summed E-state index contributed by atoms with van der Waals surface area (Å²) in [5, 5.41) is 7.09. The van der Waals surface area contributed by atoms with Gasteiger partial charge >= 0.3 is 0 Å². The van der Waals surface area contributed by atoms with Crippen molar-refractivity contribution in [3.8, 4) is 0 Å². The molecule has 0 aliphatic heterocycles. The first kappa shape index (κ1) is 9.00. The molecule has 2 atom stereocenters. The smallest absolute Gasteiger partial charge is 0.242 e. The predicted octanol–water partition coefficient (Wildman–Crippen LogP) is 2.75. The topological polar surface area (TPSA) is 41.6 Å². The minimum Gasteiger partial charge on any atom is -0.262 e. The second-order valence-electron chi connectivity index (χ2n) is 3.96. The summed E-state index contributed by atoms with van der Waals surface area (Å²) < 4.78 is 0. The first-order valence-corrected chi connectivity index (χ1v) is 5.21. The highest BCUT2D eigenvalue weighted by atomic mass is 35.5. The molecule has 0 amide bonds. The van der Waals surface area contributed by atoms with Crippen molar-refractivity contribution < 1.29 is 0 Å².